The Morgan fingerprint density at radius 3 is 2.45 bits per heavy atom. The van der Waals surface area contributed by atoms with E-state index in [0.29, 0.717) is 5.69 Å². The summed E-state index contributed by atoms with van der Waals surface area (Å²) in [5.41, 5.74) is 1.70. The van der Waals surface area contributed by atoms with Gasteiger partial charge in [0.25, 0.3) is 11.6 Å². The Hall–Kier alpha value is -4.22. The first-order valence-electron chi connectivity index (χ1n) is 9.69. The van der Waals surface area contributed by atoms with Gasteiger partial charge in [-0.3, -0.25) is 19.8 Å². The molecule has 2 aromatic carbocycles. The molecular weight excluding hydrogens is 443 g/mol. The van der Waals surface area contributed by atoms with E-state index >= 15 is 0 Å². The van der Waals surface area contributed by atoms with E-state index in [9.17, 15) is 28.1 Å². The third kappa shape index (κ3) is 3.22. The van der Waals surface area contributed by atoms with E-state index in [2.05, 4.69) is 14.7 Å². The predicted molar refractivity (Wildman–Crippen MR) is 109 cm³/mol. The maximum Gasteiger partial charge on any atom is 0.471 e. The van der Waals surface area contributed by atoms with E-state index < -0.39 is 40.8 Å². The van der Waals surface area contributed by atoms with Gasteiger partial charge in [-0.05, 0) is 24.3 Å². The highest BCUT2D eigenvalue weighted by molar-refractivity contribution is 6.27. The van der Waals surface area contributed by atoms with Crippen molar-refractivity contribution in [3.63, 3.8) is 0 Å². The molecule has 0 spiro atoms. The Morgan fingerprint density at radius 1 is 1.12 bits per heavy atom. The van der Waals surface area contributed by atoms with E-state index in [1.54, 1.807) is 7.05 Å². The first-order valence-corrected chi connectivity index (χ1v) is 9.69. The zero-order valence-electron chi connectivity index (χ0n) is 16.9. The van der Waals surface area contributed by atoms with Gasteiger partial charge in [0, 0.05) is 36.1 Å². The summed E-state index contributed by atoms with van der Waals surface area (Å²) in [7, 11) is 1.80. The number of nitro groups is 1. The number of amides is 1. The number of fused-ring (bicyclic) bond motifs is 3. The number of carbonyl (C=O) groups excluding carboxylic acids is 1. The Balaban J connectivity index is 1.66. The molecule has 0 aliphatic carbocycles. The monoisotopic (exact) mass is 457 g/mol. The molecule has 3 heterocycles. The number of alkyl halides is 3. The van der Waals surface area contributed by atoms with E-state index in [-0.39, 0.29) is 11.3 Å². The molecule has 0 saturated heterocycles. The zero-order chi connectivity index (χ0) is 23.5. The number of anilines is 2. The van der Waals surface area contributed by atoms with Crippen LogP contribution in [0.4, 0.5) is 30.2 Å². The molecule has 168 valence electrons. The van der Waals surface area contributed by atoms with Gasteiger partial charge in [0.05, 0.1) is 22.6 Å². The van der Waals surface area contributed by atoms with Gasteiger partial charge in [-0.25, -0.2) is 0 Å². The van der Waals surface area contributed by atoms with Crippen LogP contribution >= 0.6 is 0 Å². The number of hydrogen-bond donors (Lipinski definition) is 0. The molecule has 9 nitrogen and oxygen atoms in total. The molecule has 2 aliphatic heterocycles. The average molecular weight is 457 g/mol. The van der Waals surface area contributed by atoms with Crippen LogP contribution in [0.15, 0.2) is 59.1 Å². The molecule has 0 radical (unpaired) electrons. The van der Waals surface area contributed by atoms with Crippen molar-refractivity contribution in [1.82, 2.24) is 10.1 Å². The second kappa shape index (κ2) is 7.15. The number of rotatable bonds is 3. The van der Waals surface area contributed by atoms with E-state index in [4.69, 9.17) is 0 Å². The summed E-state index contributed by atoms with van der Waals surface area (Å²) in [6, 6.07) is 11.8. The Labute approximate surface area is 183 Å². The van der Waals surface area contributed by atoms with Gasteiger partial charge in [0.15, 0.2) is 0 Å². The molecule has 2 atom stereocenters. The molecule has 3 aromatic rings. The molecule has 0 fully saturated rings. The van der Waals surface area contributed by atoms with Crippen molar-refractivity contribution in [2.45, 2.75) is 18.3 Å². The number of para-hydroxylation sites is 1. The summed E-state index contributed by atoms with van der Waals surface area (Å²) < 4.78 is 43.3. The zero-order valence-corrected chi connectivity index (χ0v) is 16.9. The number of likely N-dealkylation sites (N-methyl/N-ethyl adjacent to an activating group) is 1. The summed E-state index contributed by atoms with van der Waals surface area (Å²) >= 11 is 0. The highest BCUT2D eigenvalue weighted by atomic mass is 19.4. The van der Waals surface area contributed by atoms with Crippen molar-refractivity contribution < 1.29 is 27.4 Å². The molecule has 0 N–H and O–H groups in total. The van der Waals surface area contributed by atoms with Crippen molar-refractivity contribution in [1.29, 1.82) is 0 Å². The standard InChI is InChI=1S/C21H14F3N5O4/c1-27-15-5-3-2-4-13(15)17-16(27)10-14(18-25-20(33-26-18)21(22,23)24)19(30)28(17)11-6-8-12(9-7-11)29(31)32/h2-10,16-17H,1H3. The minimum Gasteiger partial charge on any atom is -0.365 e. The Morgan fingerprint density at radius 2 is 1.82 bits per heavy atom. The Bertz CT molecular complexity index is 1300. The average Bonchev–Trinajstić information content (AvgIpc) is 3.38. The fourth-order valence-electron chi connectivity index (χ4n) is 4.24. The SMILES string of the molecule is CN1c2ccccc2C2C1C=C(c1noc(C(F)(F)F)n1)C(=O)N2c1ccc([N+](=O)[O-])cc1. The molecule has 5 rings (SSSR count). The third-order valence-electron chi connectivity index (χ3n) is 5.72. The number of non-ortho nitro benzene ring substituents is 1. The van der Waals surface area contributed by atoms with Crippen molar-refractivity contribution in [2.24, 2.45) is 0 Å². The van der Waals surface area contributed by atoms with Crippen molar-refractivity contribution >= 4 is 28.5 Å². The van der Waals surface area contributed by atoms with Crippen LogP contribution in [0, 0.1) is 10.1 Å². The highest BCUT2D eigenvalue weighted by Crippen LogP contribution is 2.48. The second-order valence-electron chi connectivity index (χ2n) is 7.56. The van der Waals surface area contributed by atoms with Crippen LogP contribution in [-0.4, -0.2) is 34.1 Å². The smallest absolute Gasteiger partial charge is 0.365 e. The number of nitrogens with zero attached hydrogens (tertiary/aromatic N) is 5. The molecule has 0 saturated carbocycles. The van der Waals surface area contributed by atoms with Crippen molar-refractivity contribution in [2.75, 3.05) is 16.8 Å². The van der Waals surface area contributed by atoms with Crippen LogP contribution in [0.3, 0.4) is 0 Å². The quantitative estimate of drug-likeness (QED) is 0.433. The maximum absolute atomic E-state index is 13.6. The molecular formula is C21H14F3N5O4. The number of halogens is 3. The molecule has 1 amide bonds. The molecule has 33 heavy (non-hydrogen) atoms. The van der Waals surface area contributed by atoms with Crippen LogP contribution in [-0.2, 0) is 11.0 Å². The van der Waals surface area contributed by atoms with Crippen LogP contribution in [0.5, 0.6) is 0 Å². The number of benzene rings is 2. The maximum atomic E-state index is 13.6. The molecule has 12 heteroatoms. The van der Waals surface area contributed by atoms with Crippen LogP contribution in [0.1, 0.15) is 23.3 Å². The lowest BCUT2D eigenvalue weighted by atomic mass is 9.93. The van der Waals surface area contributed by atoms with Crippen LogP contribution in [0.25, 0.3) is 5.57 Å². The summed E-state index contributed by atoms with van der Waals surface area (Å²) in [5, 5.41) is 14.4. The van der Waals surface area contributed by atoms with E-state index in [1.807, 2.05) is 29.2 Å². The number of nitro benzene ring substituents is 1. The fraction of sp³-hybridized carbons (Fsp3) is 0.190. The predicted octanol–water partition coefficient (Wildman–Crippen LogP) is 3.99. The lowest BCUT2D eigenvalue weighted by Gasteiger charge is -2.38. The summed E-state index contributed by atoms with van der Waals surface area (Å²) in [4.78, 5) is 30.7. The molecule has 2 aliphatic rings. The largest absolute Gasteiger partial charge is 0.471 e. The van der Waals surface area contributed by atoms with Crippen molar-refractivity contribution in [3.8, 4) is 0 Å². The summed E-state index contributed by atoms with van der Waals surface area (Å²) in [6.45, 7) is 0. The lowest BCUT2D eigenvalue weighted by molar-refractivity contribution is -0.384. The summed E-state index contributed by atoms with van der Waals surface area (Å²) in [6.07, 6.45) is -3.33. The first kappa shape index (κ1) is 20.7. The number of hydrogen-bond acceptors (Lipinski definition) is 7. The van der Waals surface area contributed by atoms with E-state index in [1.165, 1.54) is 35.2 Å². The number of aromatic nitrogens is 2. The van der Waals surface area contributed by atoms with E-state index in [0.717, 1.165) is 11.3 Å². The Kier molecular flexibility index (Phi) is 4.48. The molecule has 0 bridgehead atoms. The van der Waals surface area contributed by atoms with Crippen LogP contribution in [0.2, 0.25) is 0 Å². The van der Waals surface area contributed by atoms with Gasteiger partial charge in [-0.15, -0.1) is 0 Å². The van der Waals surface area contributed by atoms with Crippen LogP contribution < -0.4 is 9.80 Å². The normalized spacial score (nSPS) is 19.9. The van der Waals surface area contributed by atoms with Crippen molar-refractivity contribution in [3.05, 3.63) is 82.0 Å². The lowest BCUT2D eigenvalue weighted by Crippen LogP contribution is -2.46. The highest BCUT2D eigenvalue weighted by Gasteiger charge is 2.47. The topological polar surface area (TPSA) is 106 Å². The van der Waals surface area contributed by atoms with Gasteiger partial charge >= 0.3 is 12.1 Å². The van der Waals surface area contributed by atoms with Gasteiger partial charge < -0.3 is 9.42 Å². The second-order valence-corrected chi connectivity index (χ2v) is 7.56. The van der Waals surface area contributed by atoms with Gasteiger partial charge in [-0.2, -0.15) is 18.2 Å². The van der Waals surface area contributed by atoms with Gasteiger partial charge in [-0.1, -0.05) is 23.4 Å². The van der Waals surface area contributed by atoms with Gasteiger partial charge in [0.2, 0.25) is 5.82 Å². The molecule has 1 aromatic heterocycles. The van der Waals surface area contributed by atoms with Gasteiger partial charge in [0.1, 0.15) is 0 Å². The number of carbonyl (C=O) groups is 1. The first-order chi connectivity index (χ1) is 15.7. The minimum absolute atomic E-state index is 0.159. The minimum atomic E-state index is -4.86. The third-order valence-corrected chi connectivity index (χ3v) is 5.72. The summed E-state index contributed by atoms with van der Waals surface area (Å²) in [5.74, 6) is -2.69. The molecule has 2 unspecified atom stereocenters. The fourth-order valence-corrected chi connectivity index (χ4v) is 4.24.